The highest BCUT2D eigenvalue weighted by atomic mass is 16.2. The van der Waals surface area contributed by atoms with Crippen molar-refractivity contribution in [2.75, 3.05) is 10.6 Å². The number of carbonyl (C=O) groups excluding carboxylic acids is 1. The van der Waals surface area contributed by atoms with Crippen LogP contribution in [-0.2, 0) is 12.8 Å². The van der Waals surface area contributed by atoms with Crippen LogP contribution in [0.3, 0.4) is 0 Å². The molecule has 2 fully saturated rings. The van der Waals surface area contributed by atoms with Gasteiger partial charge in [0.15, 0.2) is 5.82 Å². The topological polar surface area (TPSA) is 133 Å². The zero-order valence-corrected chi connectivity index (χ0v) is 21.0. The second-order valence-corrected chi connectivity index (χ2v) is 10.6. The lowest BCUT2D eigenvalue weighted by Crippen LogP contribution is -2.48. The van der Waals surface area contributed by atoms with Crippen LogP contribution in [-0.4, -0.2) is 49.3 Å². The van der Waals surface area contributed by atoms with E-state index in [1.807, 2.05) is 24.5 Å². The van der Waals surface area contributed by atoms with Crippen LogP contribution < -0.4 is 21.3 Å². The van der Waals surface area contributed by atoms with E-state index in [-0.39, 0.29) is 24.2 Å². The summed E-state index contributed by atoms with van der Waals surface area (Å²) in [5, 5.41) is 20.7. The summed E-state index contributed by atoms with van der Waals surface area (Å²) < 4.78 is 0. The number of nitrogens with one attached hydrogen (secondary N) is 5. The fourth-order valence-electron chi connectivity index (χ4n) is 6.00. The number of rotatable bonds is 7. The number of aromatic nitrogens is 5. The third-order valence-electron chi connectivity index (χ3n) is 7.97. The molecule has 3 heterocycles. The van der Waals surface area contributed by atoms with Crippen molar-refractivity contribution >= 4 is 23.6 Å². The van der Waals surface area contributed by atoms with Crippen LogP contribution in [0.2, 0.25) is 0 Å². The highest BCUT2D eigenvalue weighted by Crippen LogP contribution is 2.34. The quantitative estimate of drug-likeness (QED) is 0.328. The summed E-state index contributed by atoms with van der Waals surface area (Å²) in [4.78, 5) is 25.8. The molecule has 3 aromatic rings. The van der Waals surface area contributed by atoms with Crippen molar-refractivity contribution < 1.29 is 4.79 Å². The van der Waals surface area contributed by atoms with Gasteiger partial charge in [0.05, 0.1) is 0 Å². The Labute approximate surface area is 216 Å². The van der Waals surface area contributed by atoms with Gasteiger partial charge in [-0.25, -0.2) is 9.78 Å². The number of H-pyrrole nitrogens is 1. The molecule has 2 amide bonds. The summed E-state index contributed by atoms with van der Waals surface area (Å²) in [5.41, 5.74) is 3.72. The Bertz CT molecular complexity index is 1190. The second-order valence-electron chi connectivity index (χ2n) is 10.6. The van der Waals surface area contributed by atoms with Crippen LogP contribution in [0.25, 0.3) is 0 Å². The van der Waals surface area contributed by atoms with E-state index in [0.29, 0.717) is 11.9 Å². The number of amides is 2. The average Bonchev–Trinajstić information content (AvgIpc) is 3.66. The molecule has 194 valence electrons. The van der Waals surface area contributed by atoms with Crippen LogP contribution in [0, 0.1) is 0 Å². The maximum Gasteiger partial charge on any atom is 0.315 e. The molecular weight excluding hydrogens is 466 g/mol. The van der Waals surface area contributed by atoms with Gasteiger partial charge in [-0.2, -0.15) is 10.1 Å². The number of hydrogen-bond acceptors (Lipinski definition) is 7. The first-order chi connectivity index (χ1) is 18.2. The number of pyridine rings is 1. The monoisotopic (exact) mass is 501 g/mol. The normalized spacial score (nSPS) is 23.4. The van der Waals surface area contributed by atoms with Crippen LogP contribution in [0.5, 0.6) is 0 Å². The van der Waals surface area contributed by atoms with E-state index in [1.54, 1.807) is 6.20 Å². The van der Waals surface area contributed by atoms with Crippen molar-refractivity contribution in [1.82, 2.24) is 35.8 Å². The molecule has 0 spiro atoms. The van der Waals surface area contributed by atoms with Gasteiger partial charge in [-0.05, 0) is 74.6 Å². The van der Waals surface area contributed by atoms with Crippen LogP contribution in [0.1, 0.15) is 74.1 Å². The molecule has 3 aliphatic carbocycles. The Morgan fingerprint density at radius 2 is 1.65 bits per heavy atom. The Hall–Kier alpha value is -3.69. The summed E-state index contributed by atoms with van der Waals surface area (Å²) in [7, 11) is 0. The first-order valence-corrected chi connectivity index (χ1v) is 13.6. The smallest absolute Gasteiger partial charge is 0.315 e. The van der Waals surface area contributed by atoms with Crippen molar-refractivity contribution in [3.63, 3.8) is 0 Å². The van der Waals surface area contributed by atoms with Gasteiger partial charge in [0, 0.05) is 54.4 Å². The fourth-order valence-corrected chi connectivity index (χ4v) is 6.00. The molecule has 0 aliphatic heterocycles. The summed E-state index contributed by atoms with van der Waals surface area (Å²) in [5.74, 6) is 2.72. The number of fused-ring (bicyclic) bond motifs is 1. The van der Waals surface area contributed by atoms with Gasteiger partial charge in [-0.1, -0.05) is 12.8 Å². The van der Waals surface area contributed by atoms with E-state index in [2.05, 4.69) is 52.5 Å². The summed E-state index contributed by atoms with van der Waals surface area (Å²) >= 11 is 0. The largest absolute Gasteiger partial charge is 0.351 e. The minimum Gasteiger partial charge on any atom is -0.351 e. The zero-order chi connectivity index (χ0) is 25.0. The summed E-state index contributed by atoms with van der Waals surface area (Å²) in [6.07, 6.45) is 16.0. The number of nitrogens with zero attached hydrogens (tertiary/aromatic N) is 4. The lowest BCUT2D eigenvalue weighted by atomic mass is 9.91. The first kappa shape index (κ1) is 23.7. The van der Waals surface area contributed by atoms with Gasteiger partial charge in [0.1, 0.15) is 5.82 Å². The van der Waals surface area contributed by atoms with Crippen LogP contribution in [0.4, 0.5) is 22.4 Å². The zero-order valence-electron chi connectivity index (χ0n) is 21.0. The number of hydrogen-bond donors (Lipinski definition) is 5. The average molecular weight is 502 g/mol. The molecular formula is C27H35N9O. The minimum absolute atomic E-state index is 0.0706. The number of urea groups is 1. The molecule has 10 heteroatoms. The number of carbonyl (C=O) groups is 1. The molecule has 1 atom stereocenters. The molecule has 3 aliphatic rings. The van der Waals surface area contributed by atoms with Gasteiger partial charge in [0.2, 0.25) is 5.95 Å². The molecule has 0 bridgehead atoms. The van der Waals surface area contributed by atoms with Crippen LogP contribution in [0.15, 0.2) is 36.8 Å². The molecule has 0 saturated heterocycles. The molecule has 10 nitrogen and oxygen atoms in total. The summed E-state index contributed by atoms with van der Waals surface area (Å²) in [6.45, 7) is 0. The summed E-state index contributed by atoms with van der Waals surface area (Å²) in [6, 6.07) is 6.54. The minimum atomic E-state index is -0.0706. The fraction of sp³-hybridized carbons (Fsp3) is 0.519. The molecule has 6 rings (SSSR count). The van der Waals surface area contributed by atoms with Crippen LogP contribution >= 0.6 is 0 Å². The van der Waals surface area contributed by atoms with Crippen molar-refractivity contribution in [2.45, 2.75) is 88.3 Å². The van der Waals surface area contributed by atoms with Gasteiger partial charge in [-0.3, -0.25) is 10.1 Å². The first-order valence-electron chi connectivity index (χ1n) is 13.6. The van der Waals surface area contributed by atoms with E-state index >= 15 is 0 Å². The predicted octanol–water partition coefficient (Wildman–Crippen LogP) is 4.19. The number of aromatic amines is 1. The van der Waals surface area contributed by atoms with E-state index < -0.39 is 0 Å². The molecule has 0 radical (unpaired) electrons. The van der Waals surface area contributed by atoms with Crippen molar-refractivity contribution in [3.05, 3.63) is 53.6 Å². The molecule has 37 heavy (non-hydrogen) atoms. The Balaban J connectivity index is 0.945. The Morgan fingerprint density at radius 1 is 0.865 bits per heavy atom. The van der Waals surface area contributed by atoms with Crippen molar-refractivity contribution in [1.29, 1.82) is 0 Å². The third kappa shape index (κ3) is 5.84. The maximum atomic E-state index is 12.6. The molecule has 2 saturated carbocycles. The van der Waals surface area contributed by atoms with Gasteiger partial charge in [-0.15, -0.1) is 0 Å². The van der Waals surface area contributed by atoms with Crippen molar-refractivity contribution in [3.8, 4) is 0 Å². The lowest BCUT2D eigenvalue weighted by molar-refractivity contribution is 0.228. The maximum absolute atomic E-state index is 12.6. The standard InChI is InChI=1S/C27H35N9O/c37-27(32-22-13-18-9-11-28-16-19(18)14-22)31-21-7-5-20(6-8-21)30-26-29-12-10-24(34-26)33-25-15-23(35-36-25)17-3-1-2-4-17/h9-12,15-17,20-22H,1-8,13-14H2,(H2,31,32,37)(H3,29,30,33,34,35,36). The predicted molar refractivity (Wildman–Crippen MR) is 142 cm³/mol. The van der Waals surface area contributed by atoms with E-state index in [4.69, 9.17) is 0 Å². The highest BCUT2D eigenvalue weighted by molar-refractivity contribution is 5.74. The number of anilines is 3. The van der Waals surface area contributed by atoms with Gasteiger partial charge in [0.25, 0.3) is 0 Å². The van der Waals surface area contributed by atoms with Gasteiger partial charge >= 0.3 is 6.03 Å². The third-order valence-corrected chi connectivity index (χ3v) is 7.97. The Kier molecular flexibility index (Phi) is 6.88. The van der Waals surface area contributed by atoms with Crippen molar-refractivity contribution in [2.24, 2.45) is 0 Å². The molecule has 0 aromatic carbocycles. The van der Waals surface area contributed by atoms with E-state index in [1.165, 1.54) is 42.5 Å². The molecule has 1 unspecified atom stereocenters. The Morgan fingerprint density at radius 3 is 2.49 bits per heavy atom. The molecule has 3 aromatic heterocycles. The highest BCUT2D eigenvalue weighted by Gasteiger charge is 2.26. The second kappa shape index (κ2) is 10.7. The lowest BCUT2D eigenvalue weighted by Gasteiger charge is -2.30. The molecule has 5 N–H and O–H groups in total. The van der Waals surface area contributed by atoms with E-state index in [9.17, 15) is 4.79 Å². The SMILES string of the molecule is O=C(NC1CCC(Nc2nccc(Nc3cc(C4CCCC4)[nH]n3)n2)CC1)NC1Cc2ccncc2C1. The van der Waals surface area contributed by atoms with E-state index in [0.717, 1.165) is 50.2 Å². The van der Waals surface area contributed by atoms with Gasteiger partial charge < -0.3 is 21.3 Å².